The van der Waals surface area contributed by atoms with Crippen molar-refractivity contribution in [1.82, 2.24) is 0 Å². The molecule has 0 saturated carbocycles. The molecule has 0 bridgehead atoms. The van der Waals surface area contributed by atoms with Crippen molar-refractivity contribution in [3.63, 3.8) is 0 Å². The molecular weight excluding hydrogens is 268 g/mol. The van der Waals surface area contributed by atoms with Crippen LogP contribution in [0.2, 0.25) is 0 Å². The number of ether oxygens (including phenoxy) is 1. The molecule has 0 spiro atoms. The van der Waals surface area contributed by atoms with E-state index in [0.29, 0.717) is 12.2 Å². The smallest absolute Gasteiger partial charge is 0.335 e. The van der Waals surface area contributed by atoms with E-state index >= 15 is 0 Å². The van der Waals surface area contributed by atoms with E-state index in [1.807, 2.05) is 13.8 Å². The maximum Gasteiger partial charge on any atom is 0.335 e. The van der Waals surface area contributed by atoms with E-state index in [1.165, 1.54) is 0 Å². The fourth-order valence-electron chi connectivity index (χ4n) is 2.18. The summed E-state index contributed by atoms with van der Waals surface area (Å²) in [6, 6.07) is 10.1. The van der Waals surface area contributed by atoms with Crippen LogP contribution in [0, 0.1) is 13.8 Å². The SMILES string of the molecule is Cc1cc(C=O)cc(C)c1OCc1ccc(C(=O)O)cc1. The number of carbonyl (C=O) groups excluding carboxylic acids is 1. The van der Waals surface area contributed by atoms with Crippen LogP contribution >= 0.6 is 0 Å². The summed E-state index contributed by atoms with van der Waals surface area (Å²) in [4.78, 5) is 21.6. The van der Waals surface area contributed by atoms with Gasteiger partial charge < -0.3 is 9.84 Å². The predicted octanol–water partition coefficient (Wildman–Crippen LogP) is 3.39. The molecule has 4 heteroatoms. The van der Waals surface area contributed by atoms with Crippen molar-refractivity contribution in [3.8, 4) is 5.75 Å². The van der Waals surface area contributed by atoms with E-state index in [-0.39, 0.29) is 5.56 Å². The highest BCUT2D eigenvalue weighted by Crippen LogP contribution is 2.25. The van der Waals surface area contributed by atoms with Crippen molar-refractivity contribution in [2.75, 3.05) is 0 Å². The van der Waals surface area contributed by atoms with Crippen LogP contribution in [-0.2, 0) is 6.61 Å². The normalized spacial score (nSPS) is 10.2. The zero-order valence-corrected chi connectivity index (χ0v) is 11.9. The number of rotatable bonds is 5. The van der Waals surface area contributed by atoms with Crippen LogP contribution in [0.15, 0.2) is 36.4 Å². The Kier molecular flexibility index (Phi) is 4.38. The Labute approximate surface area is 123 Å². The monoisotopic (exact) mass is 284 g/mol. The minimum absolute atomic E-state index is 0.251. The van der Waals surface area contributed by atoms with Gasteiger partial charge in [-0.3, -0.25) is 4.79 Å². The van der Waals surface area contributed by atoms with E-state index in [0.717, 1.165) is 28.7 Å². The summed E-state index contributed by atoms with van der Waals surface area (Å²) in [7, 11) is 0. The number of aldehydes is 1. The molecule has 108 valence electrons. The lowest BCUT2D eigenvalue weighted by molar-refractivity contribution is 0.0696. The Bertz CT molecular complexity index is 649. The molecule has 0 amide bonds. The van der Waals surface area contributed by atoms with Gasteiger partial charge in [0.25, 0.3) is 0 Å². The van der Waals surface area contributed by atoms with Gasteiger partial charge in [0.1, 0.15) is 18.6 Å². The topological polar surface area (TPSA) is 63.6 Å². The Morgan fingerprint density at radius 2 is 1.71 bits per heavy atom. The van der Waals surface area contributed by atoms with E-state index in [4.69, 9.17) is 9.84 Å². The van der Waals surface area contributed by atoms with Crippen molar-refractivity contribution in [2.24, 2.45) is 0 Å². The highest BCUT2D eigenvalue weighted by Gasteiger charge is 2.07. The molecule has 0 radical (unpaired) electrons. The third-order valence-corrected chi connectivity index (χ3v) is 3.20. The Hall–Kier alpha value is -2.62. The minimum Gasteiger partial charge on any atom is -0.488 e. The maximum atomic E-state index is 10.8. The average Bonchev–Trinajstić information content (AvgIpc) is 2.46. The molecule has 0 saturated heterocycles. The molecule has 2 rings (SSSR count). The van der Waals surface area contributed by atoms with Gasteiger partial charge in [-0.2, -0.15) is 0 Å². The molecule has 0 unspecified atom stereocenters. The van der Waals surface area contributed by atoms with Gasteiger partial charge >= 0.3 is 5.97 Å². The van der Waals surface area contributed by atoms with Crippen molar-refractivity contribution < 1.29 is 19.4 Å². The second-order valence-electron chi connectivity index (χ2n) is 4.89. The number of hydrogen-bond acceptors (Lipinski definition) is 3. The molecule has 2 aromatic carbocycles. The van der Waals surface area contributed by atoms with E-state index in [2.05, 4.69) is 0 Å². The number of carbonyl (C=O) groups is 2. The summed E-state index contributed by atoms with van der Waals surface area (Å²) in [5.74, 6) is -0.193. The Balaban J connectivity index is 2.13. The maximum absolute atomic E-state index is 10.8. The molecule has 0 aliphatic carbocycles. The first-order valence-electron chi connectivity index (χ1n) is 6.52. The summed E-state index contributed by atoms with van der Waals surface area (Å²) in [5.41, 5.74) is 3.57. The van der Waals surface area contributed by atoms with Crippen LogP contribution in [0.1, 0.15) is 37.4 Å². The van der Waals surface area contributed by atoms with Crippen molar-refractivity contribution in [3.05, 3.63) is 64.2 Å². The Morgan fingerprint density at radius 1 is 1.14 bits per heavy atom. The lowest BCUT2D eigenvalue weighted by atomic mass is 10.1. The second kappa shape index (κ2) is 6.22. The molecule has 1 N–H and O–H groups in total. The molecule has 2 aromatic rings. The van der Waals surface area contributed by atoms with Crippen LogP contribution in [0.4, 0.5) is 0 Å². The van der Waals surface area contributed by atoms with Gasteiger partial charge in [-0.15, -0.1) is 0 Å². The number of aryl methyl sites for hydroxylation is 2. The number of carboxylic acids is 1. The molecule has 4 nitrogen and oxygen atoms in total. The fraction of sp³-hybridized carbons (Fsp3) is 0.176. The van der Waals surface area contributed by atoms with Gasteiger partial charge in [-0.05, 0) is 54.8 Å². The molecule has 0 aliphatic rings. The molecule has 0 aromatic heterocycles. The minimum atomic E-state index is -0.946. The largest absolute Gasteiger partial charge is 0.488 e. The molecule has 0 heterocycles. The Morgan fingerprint density at radius 3 is 2.19 bits per heavy atom. The van der Waals surface area contributed by atoms with Crippen LogP contribution < -0.4 is 4.74 Å². The first kappa shape index (κ1) is 14.8. The summed E-state index contributed by atoms with van der Waals surface area (Å²) in [6.07, 6.45) is 0.814. The molecular formula is C17H16O4. The predicted molar refractivity (Wildman–Crippen MR) is 79.0 cm³/mol. The zero-order valence-electron chi connectivity index (χ0n) is 11.9. The molecule has 0 atom stereocenters. The lowest BCUT2D eigenvalue weighted by Gasteiger charge is -2.13. The lowest BCUT2D eigenvalue weighted by Crippen LogP contribution is -2.01. The van der Waals surface area contributed by atoms with Gasteiger partial charge in [-0.1, -0.05) is 12.1 Å². The molecule has 0 fully saturated rings. The molecule has 21 heavy (non-hydrogen) atoms. The van der Waals surface area contributed by atoms with Crippen LogP contribution in [-0.4, -0.2) is 17.4 Å². The van der Waals surface area contributed by atoms with E-state index in [9.17, 15) is 9.59 Å². The molecule has 0 aliphatic heterocycles. The third-order valence-electron chi connectivity index (χ3n) is 3.20. The van der Waals surface area contributed by atoms with Crippen LogP contribution in [0.25, 0.3) is 0 Å². The number of benzene rings is 2. The standard InChI is InChI=1S/C17H16O4/c1-11-7-14(9-18)8-12(2)16(11)21-10-13-3-5-15(6-4-13)17(19)20/h3-9H,10H2,1-2H3,(H,19,20). The van der Waals surface area contributed by atoms with Gasteiger partial charge in [0.05, 0.1) is 5.56 Å². The summed E-state index contributed by atoms with van der Waals surface area (Å²) in [6.45, 7) is 4.13. The summed E-state index contributed by atoms with van der Waals surface area (Å²) < 4.78 is 5.79. The number of carboxylic acid groups (broad SMARTS) is 1. The third kappa shape index (κ3) is 3.48. The first-order chi connectivity index (χ1) is 10.0. The average molecular weight is 284 g/mol. The second-order valence-corrected chi connectivity index (χ2v) is 4.89. The van der Waals surface area contributed by atoms with Gasteiger partial charge in [0.2, 0.25) is 0 Å². The van der Waals surface area contributed by atoms with Crippen LogP contribution in [0.5, 0.6) is 5.75 Å². The number of aromatic carboxylic acids is 1. The van der Waals surface area contributed by atoms with Gasteiger partial charge in [-0.25, -0.2) is 4.79 Å². The fourth-order valence-corrected chi connectivity index (χ4v) is 2.18. The number of hydrogen-bond donors (Lipinski definition) is 1. The highest BCUT2D eigenvalue weighted by molar-refractivity contribution is 5.87. The quantitative estimate of drug-likeness (QED) is 0.855. The zero-order chi connectivity index (χ0) is 15.4. The van der Waals surface area contributed by atoms with Gasteiger partial charge in [0.15, 0.2) is 0 Å². The first-order valence-corrected chi connectivity index (χ1v) is 6.52. The van der Waals surface area contributed by atoms with Gasteiger partial charge in [0, 0.05) is 5.56 Å². The van der Waals surface area contributed by atoms with E-state index < -0.39 is 5.97 Å². The van der Waals surface area contributed by atoms with Crippen molar-refractivity contribution >= 4 is 12.3 Å². The summed E-state index contributed by atoms with van der Waals surface area (Å²) in [5, 5.41) is 8.85. The highest BCUT2D eigenvalue weighted by atomic mass is 16.5. The van der Waals surface area contributed by atoms with Crippen molar-refractivity contribution in [2.45, 2.75) is 20.5 Å². The summed E-state index contributed by atoms with van der Waals surface area (Å²) >= 11 is 0. The van der Waals surface area contributed by atoms with Crippen molar-refractivity contribution in [1.29, 1.82) is 0 Å². The van der Waals surface area contributed by atoms with E-state index in [1.54, 1.807) is 36.4 Å². The van der Waals surface area contributed by atoms with Crippen LogP contribution in [0.3, 0.4) is 0 Å².